The third-order valence-electron chi connectivity index (χ3n) is 4.07. The number of aliphatic imine (C=N–C) groups is 1. The molecule has 2 aromatic heterocycles. The van der Waals surface area contributed by atoms with Gasteiger partial charge >= 0.3 is 6.18 Å². The maximum absolute atomic E-state index is 12.6. The Morgan fingerprint density at radius 2 is 1.93 bits per heavy atom. The van der Waals surface area contributed by atoms with Crippen LogP contribution < -0.4 is 10.6 Å². The summed E-state index contributed by atoms with van der Waals surface area (Å²) >= 11 is 0.999. The predicted octanol–water partition coefficient (Wildman–Crippen LogP) is 4.42. The molecule has 0 spiro atoms. The van der Waals surface area contributed by atoms with E-state index in [1.807, 2.05) is 38.1 Å². The van der Waals surface area contributed by atoms with E-state index in [1.54, 1.807) is 6.26 Å². The topological polar surface area (TPSA) is 75.3 Å². The number of halogens is 3. The summed E-state index contributed by atoms with van der Waals surface area (Å²) in [5, 5.41) is 7.65. The maximum Gasteiger partial charge on any atom is 0.434 e. The van der Waals surface area contributed by atoms with Gasteiger partial charge in [-0.15, -0.1) is 11.3 Å². The summed E-state index contributed by atoms with van der Waals surface area (Å²) in [7, 11) is 0. The van der Waals surface area contributed by atoms with Gasteiger partial charge in [0.2, 0.25) is 5.89 Å². The van der Waals surface area contributed by atoms with Crippen LogP contribution in [0.3, 0.4) is 0 Å². The fraction of sp³-hybridized carbons (Fsp3) is 0.350. The molecule has 1 aromatic carbocycles. The van der Waals surface area contributed by atoms with E-state index < -0.39 is 11.9 Å². The molecule has 0 atom stereocenters. The lowest BCUT2D eigenvalue weighted by molar-refractivity contribution is -0.140. The smallest absolute Gasteiger partial charge is 0.434 e. The number of benzene rings is 1. The van der Waals surface area contributed by atoms with Crippen LogP contribution in [0.15, 0.2) is 45.3 Å². The fourth-order valence-electron chi connectivity index (χ4n) is 2.55. The Morgan fingerprint density at radius 3 is 2.60 bits per heavy atom. The van der Waals surface area contributed by atoms with Crippen molar-refractivity contribution in [1.29, 1.82) is 0 Å². The van der Waals surface area contributed by atoms with E-state index in [1.165, 1.54) is 0 Å². The van der Waals surface area contributed by atoms with Crippen LogP contribution in [-0.4, -0.2) is 29.0 Å². The molecule has 2 N–H and O–H groups in total. The first kappa shape index (κ1) is 21.8. The van der Waals surface area contributed by atoms with Crippen molar-refractivity contribution >= 4 is 17.3 Å². The predicted molar refractivity (Wildman–Crippen MR) is 110 cm³/mol. The minimum absolute atomic E-state index is 0.306. The molecular weight excluding hydrogens is 415 g/mol. The van der Waals surface area contributed by atoms with Crippen LogP contribution in [0.5, 0.6) is 0 Å². The number of alkyl halides is 3. The second kappa shape index (κ2) is 9.75. The van der Waals surface area contributed by atoms with Crippen LogP contribution in [0.2, 0.25) is 0 Å². The molecule has 2 heterocycles. The van der Waals surface area contributed by atoms with E-state index in [9.17, 15) is 13.2 Å². The highest BCUT2D eigenvalue weighted by Crippen LogP contribution is 2.30. The van der Waals surface area contributed by atoms with Crippen molar-refractivity contribution in [1.82, 2.24) is 20.6 Å². The molecule has 0 saturated heterocycles. The number of hydrogen-bond donors (Lipinski definition) is 2. The number of thiazole rings is 1. The number of nitrogens with one attached hydrogen (secondary N) is 2. The Balaban J connectivity index is 1.55. The van der Waals surface area contributed by atoms with Crippen LogP contribution >= 0.6 is 11.3 Å². The molecule has 0 aliphatic heterocycles. The Kier molecular flexibility index (Phi) is 7.09. The zero-order chi connectivity index (χ0) is 21.6. The van der Waals surface area contributed by atoms with Crippen LogP contribution in [0.4, 0.5) is 13.2 Å². The highest BCUT2D eigenvalue weighted by molar-refractivity contribution is 7.09. The molecule has 0 fully saturated rings. The molecule has 160 valence electrons. The summed E-state index contributed by atoms with van der Waals surface area (Å²) in [5.74, 6) is 1.08. The Morgan fingerprint density at radius 1 is 1.17 bits per heavy atom. The quantitative estimate of drug-likeness (QED) is 0.423. The fourth-order valence-corrected chi connectivity index (χ4v) is 3.36. The lowest BCUT2D eigenvalue weighted by Crippen LogP contribution is -2.38. The molecule has 0 radical (unpaired) electrons. The van der Waals surface area contributed by atoms with Crippen LogP contribution in [0.25, 0.3) is 11.5 Å². The molecule has 0 bridgehead atoms. The molecule has 0 unspecified atom stereocenters. The largest absolute Gasteiger partial charge is 0.444 e. The average molecular weight is 437 g/mol. The van der Waals surface area contributed by atoms with Gasteiger partial charge in [0.25, 0.3) is 0 Å². The van der Waals surface area contributed by atoms with Crippen molar-refractivity contribution in [2.75, 3.05) is 13.1 Å². The van der Waals surface area contributed by atoms with Crippen molar-refractivity contribution < 1.29 is 17.6 Å². The highest BCUT2D eigenvalue weighted by atomic mass is 32.1. The van der Waals surface area contributed by atoms with Gasteiger partial charge in [-0.2, -0.15) is 13.2 Å². The average Bonchev–Trinajstić information content (AvgIpc) is 3.36. The zero-order valence-corrected chi connectivity index (χ0v) is 17.4. The molecule has 0 saturated carbocycles. The van der Waals surface area contributed by atoms with E-state index in [2.05, 4.69) is 25.6 Å². The third kappa shape index (κ3) is 6.06. The monoisotopic (exact) mass is 437 g/mol. The van der Waals surface area contributed by atoms with E-state index in [-0.39, 0.29) is 0 Å². The minimum Gasteiger partial charge on any atom is -0.444 e. The lowest BCUT2D eigenvalue weighted by Gasteiger charge is -2.10. The minimum atomic E-state index is -4.41. The van der Waals surface area contributed by atoms with Crippen LogP contribution in [0, 0.1) is 6.92 Å². The van der Waals surface area contributed by atoms with Gasteiger partial charge in [0.1, 0.15) is 12.0 Å². The normalized spacial score (nSPS) is 12.2. The van der Waals surface area contributed by atoms with Crippen molar-refractivity contribution in [3.05, 3.63) is 57.9 Å². The van der Waals surface area contributed by atoms with Gasteiger partial charge in [0.15, 0.2) is 11.7 Å². The van der Waals surface area contributed by atoms with E-state index >= 15 is 0 Å². The van der Waals surface area contributed by atoms with E-state index in [0.717, 1.165) is 27.8 Å². The van der Waals surface area contributed by atoms with Crippen molar-refractivity contribution in [3.63, 3.8) is 0 Å². The van der Waals surface area contributed by atoms with Gasteiger partial charge in [0, 0.05) is 30.5 Å². The molecule has 3 aromatic rings. The Bertz CT molecular complexity index is 979. The molecule has 0 aliphatic rings. The van der Waals surface area contributed by atoms with Crippen molar-refractivity contribution in [2.24, 2.45) is 4.99 Å². The van der Waals surface area contributed by atoms with E-state index in [0.29, 0.717) is 48.6 Å². The highest BCUT2D eigenvalue weighted by Gasteiger charge is 2.33. The second-order valence-electron chi connectivity index (χ2n) is 6.51. The van der Waals surface area contributed by atoms with Gasteiger partial charge in [-0.25, -0.2) is 15.0 Å². The molecule has 0 amide bonds. The van der Waals surface area contributed by atoms with Gasteiger partial charge in [0.05, 0.1) is 11.6 Å². The summed E-state index contributed by atoms with van der Waals surface area (Å²) in [4.78, 5) is 12.5. The Hall–Kier alpha value is -2.88. The third-order valence-corrected chi connectivity index (χ3v) is 4.98. The number of rotatable bonds is 7. The number of guanidine groups is 1. The lowest BCUT2D eigenvalue weighted by atomic mass is 10.1. The van der Waals surface area contributed by atoms with Crippen LogP contribution in [-0.2, 0) is 19.1 Å². The molecule has 3 rings (SSSR count). The summed E-state index contributed by atoms with van der Waals surface area (Å²) in [6.07, 6.45) is -2.48. The van der Waals surface area contributed by atoms with Gasteiger partial charge < -0.3 is 15.1 Å². The summed E-state index contributed by atoms with van der Waals surface area (Å²) in [6.45, 7) is 5.30. The number of hydrogen-bond acceptors (Lipinski definition) is 5. The molecular formula is C20H22F3N5OS. The number of aryl methyl sites for hydroxylation is 1. The Labute approximate surface area is 176 Å². The number of nitrogens with zero attached hydrogens (tertiary/aromatic N) is 3. The summed E-state index contributed by atoms with van der Waals surface area (Å²) in [5.41, 5.74) is 1.88. The number of aromatic nitrogens is 2. The first-order chi connectivity index (χ1) is 14.3. The maximum atomic E-state index is 12.6. The van der Waals surface area contributed by atoms with Crippen molar-refractivity contribution in [2.45, 2.75) is 33.0 Å². The van der Waals surface area contributed by atoms with E-state index in [4.69, 9.17) is 4.42 Å². The zero-order valence-electron chi connectivity index (χ0n) is 16.6. The first-order valence-corrected chi connectivity index (χ1v) is 10.3. The van der Waals surface area contributed by atoms with Gasteiger partial charge in [-0.3, -0.25) is 0 Å². The summed E-state index contributed by atoms with van der Waals surface area (Å²) < 4.78 is 43.4. The van der Waals surface area contributed by atoms with Gasteiger partial charge in [-0.05, 0) is 26.0 Å². The van der Waals surface area contributed by atoms with Crippen LogP contribution in [0.1, 0.15) is 28.9 Å². The number of oxazole rings is 1. The van der Waals surface area contributed by atoms with Crippen molar-refractivity contribution in [3.8, 4) is 11.5 Å². The molecule has 10 heteroatoms. The molecule has 30 heavy (non-hydrogen) atoms. The summed E-state index contributed by atoms with van der Waals surface area (Å²) in [6, 6.07) is 7.88. The standard InChI is InChI=1S/C20H22F3N5OS/c1-3-24-19(25-9-8-17-28-16(12-30-17)20(21,22)23)26-10-15-11-29-18(27-15)14-6-4-13(2)5-7-14/h4-7,11-12H,3,8-10H2,1-2H3,(H2,24,25,26). The first-order valence-electron chi connectivity index (χ1n) is 9.40. The molecule has 0 aliphatic carbocycles. The molecule has 6 nitrogen and oxygen atoms in total. The second-order valence-corrected chi connectivity index (χ2v) is 7.45. The van der Waals surface area contributed by atoms with Gasteiger partial charge in [-0.1, -0.05) is 17.7 Å². The SMILES string of the molecule is CCNC(=NCc1coc(-c2ccc(C)cc2)n1)NCCc1nc(C(F)(F)F)cs1.